The second-order valence-electron chi connectivity index (χ2n) is 0.204. The Labute approximate surface area is 53.3 Å². The van der Waals surface area contributed by atoms with Gasteiger partial charge >= 0.3 is 27.4 Å². The van der Waals surface area contributed by atoms with Gasteiger partial charge < -0.3 is 0 Å². The molecule has 0 unspecified atom stereocenters. The molecule has 0 N–H and O–H groups in total. The summed E-state index contributed by atoms with van der Waals surface area (Å²) in [6, 6.07) is 0. The maximum absolute atomic E-state index is 8.61. The Morgan fingerprint density at radius 1 is 1.00 bits per heavy atom. The van der Waals surface area contributed by atoms with Crippen LogP contribution in [0.5, 0.6) is 0 Å². The third-order valence-electron chi connectivity index (χ3n) is 0. The molecule has 0 amide bonds. The number of hydrogen-bond acceptors (Lipinski definition) is 3. The van der Waals surface area contributed by atoms with Crippen LogP contribution >= 0.6 is 0 Å². The van der Waals surface area contributed by atoms with Crippen LogP contribution in [0.3, 0.4) is 0 Å². The Morgan fingerprint density at radius 3 is 1.00 bits per heavy atom. The van der Waals surface area contributed by atoms with Gasteiger partial charge in [-0.15, -0.1) is 0 Å². The topological polar surface area (TPSA) is 51.2 Å². The minimum absolute atomic E-state index is 0. The fourth-order valence-corrected chi connectivity index (χ4v) is 0. The van der Waals surface area contributed by atoms with Gasteiger partial charge in [-0.1, -0.05) is 0 Å². The van der Waals surface area contributed by atoms with E-state index in [9.17, 15) is 0 Å². The third kappa shape index (κ3) is 46.5. The van der Waals surface area contributed by atoms with Crippen molar-refractivity contribution in [3.63, 3.8) is 0 Å². The Hall–Kier alpha value is 0.971. The maximum atomic E-state index is 8.61. The summed E-state index contributed by atoms with van der Waals surface area (Å²) in [5, 5.41) is 0. The van der Waals surface area contributed by atoms with Crippen LogP contribution in [0.15, 0.2) is 0 Å². The van der Waals surface area contributed by atoms with Crippen molar-refractivity contribution in [2.75, 3.05) is 0 Å². The van der Waals surface area contributed by atoms with Gasteiger partial charge in [0.2, 0.25) is 0 Å². The first kappa shape index (κ1) is 9.36. The van der Waals surface area contributed by atoms with Gasteiger partial charge in [-0.2, -0.15) is 0 Å². The molecule has 29 valence electrons. The first-order valence-electron chi connectivity index (χ1n) is 0.500. The monoisotopic (exact) mass is 441 g/mol. The summed E-state index contributed by atoms with van der Waals surface area (Å²) in [5.41, 5.74) is 0. The predicted octanol–water partition coefficient (Wildman–Crippen LogP) is -0.740. The molecule has 0 aromatic rings. The van der Waals surface area contributed by atoms with E-state index in [1.165, 1.54) is 0 Å². The van der Waals surface area contributed by atoms with Gasteiger partial charge in [-0.25, -0.2) is 0 Å². The van der Waals surface area contributed by atoms with Crippen molar-refractivity contribution < 1.29 is 27.4 Å². The van der Waals surface area contributed by atoms with Crippen LogP contribution in [0.25, 0.3) is 0 Å². The fourth-order valence-electron chi connectivity index (χ4n) is 0. The summed E-state index contributed by atoms with van der Waals surface area (Å²) in [4.78, 5) is 0. The van der Waals surface area contributed by atoms with Crippen LogP contribution in [-0.2, 0) is 27.4 Å². The normalized spacial score (nSPS) is 4.80. The van der Waals surface area contributed by atoms with Gasteiger partial charge in [0, 0.05) is 26.2 Å². The van der Waals surface area contributed by atoms with Crippen molar-refractivity contribution in [1.29, 1.82) is 0 Å². The molecule has 0 fully saturated rings. The summed E-state index contributed by atoms with van der Waals surface area (Å²) in [6.07, 6.45) is 0. The second-order valence-corrected chi connectivity index (χ2v) is 1.67. The van der Waals surface area contributed by atoms with E-state index < -0.39 is 17.2 Å². The molecule has 0 aromatic carbocycles. The molecule has 5 heavy (non-hydrogen) atoms. The van der Waals surface area contributed by atoms with E-state index in [1.54, 1.807) is 0 Å². The van der Waals surface area contributed by atoms with E-state index in [1.807, 2.05) is 0 Å². The average molecular weight is 441 g/mol. The van der Waals surface area contributed by atoms with Gasteiger partial charge in [-0.05, 0) is 0 Å². The molecule has 0 heterocycles. The Morgan fingerprint density at radius 2 is 1.00 bits per heavy atom. The summed E-state index contributed by atoms with van der Waals surface area (Å²) in [5.74, 6) is 0. The van der Waals surface area contributed by atoms with Gasteiger partial charge in [0.15, 0.2) is 0 Å². The molecule has 0 saturated carbocycles. The van der Waals surface area contributed by atoms with Gasteiger partial charge in [0.1, 0.15) is 0 Å². The third-order valence-corrected chi connectivity index (χ3v) is 0. The van der Waals surface area contributed by atoms with Crippen LogP contribution in [0.4, 0.5) is 0 Å². The standard InChI is InChI=1S/Bi.3O.W. The molecule has 0 aliphatic rings. The van der Waals surface area contributed by atoms with E-state index in [0.29, 0.717) is 0 Å². The summed E-state index contributed by atoms with van der Waals surface area (Å²) in [6.45, 7) is 0. The first-order chi connectivity index (χ1) is 1.73. The van der Waals surface area contributed by atoms with E-state index in [4.69, 9.17) is 10.2 Å². The molecule has 5 heteroatoms. The molecular weight excluding hydrogens is 441 g/mol. The van der Waals surface area contributed by atoms with Crippen LogP contribution < -0.4 is 0 Å². The van der Waals surface area contributed by atoms with Crippen LogP contribution in [0.2, 0.25) is 0 Å². The zero-order valence-electron chi connectivity index (χ0n) is 2.08. The molecule has 0 bridgehead atoms. The molecule has 3 radical (unpaired) electrons. The van der Waals surface area contributed by atoms with Crippen LogP contribution in [-0.4, -0.2) is 26.2 Å². The van der Waals surface area contributed by atoms with Gasteiger partial charge in [0.05, 0.1) is 0 Å². The molecule has 0 spiro atoms. The van der Waals surface area contributed by atoms with E-state index >= 15 is 0 Å². The van der Waals surface area contributed by atoms with Crippen LogP contribution in [0, 0.1) is 0 Å². The number of rotatable bonds is 0. The molecule has 0 saturated heterocycles. The summed E-state index contributed by atoms with van der Waals surface area (Å²) < 4.78 is 25.8. The Balaban J connectivity index is 0. The molecule has 0 aliphatic carbocycles. The summed E-state index contributed by atoms with van der Waals surface area (Å²) in [7, 11) is 0. The molecule has 0 aromatic heterocycles. The van der Waals surface area contributed by atoms with E-state index in [2.05, 4.69) is 0 Å². The SMILES string of the molecule is [Bi].[O]=[W](=[O])=[O]. The Kier molecular flexibility index (Phi) is 9.30. The van der Waals surface area contributed by atoms with E-state index in [0.717, 1.165) is 0 Å². The van der Waals surface area contributed by atoms with Gasteiger partial charge in [0.25, 0.3) is 0 Å². The molecular formula is BiO3W. The van der Waals surface area contributed by atoms with Crippen molar-refractivity contribution in [2.45, 2.75) is 0 Å². The molecule has 3 nitrogen and oxygen atoms in total. The molecule has 0 aliphatic heterocycles. The van der Waals surface area contributed by atoms with Gasteiger partial charge in [-0.3, -0.25) is 0 Å². The zero-order valence-corrected chi connectivity index (χ0v) is 8.49. The van der Waals surface area contributed by atoms with Crippen molar-refractivity contribution in [2.24, 2.45) is 0 Å². The van der Waals surface area contributed by atoms with Crippen molar-refractivity contribution in [3.8, 4) is 0 Å². The summed E-state index contributed by atoms with van der Waals surface area (Å²) >= 11 is -4.28. The van der Waals surface area contributed by atoms with Crippen LogP contribution in [0.1, 0.15) is 0 Å². The average Bonchev–Trinajstić information content (AvgIpc) is 0.811. The van der Waals surface area contributed by atoms with Crippen molar-refractivity contribution in [3.05, 3.63) is 0 Å². The number of hydrogen-bond donors (Lipinski definition) is 0. The second kappa shape index (κ2) is 4.97. The van der Waals surface area contributed by atoms with E-state index in [-0.39, 0.29) is 26.2 Å². The fraction of sp³-hybridized carbons (Fsp3) is 0. The first-order valence-corrected chi connectivity index (χ1v) is 4.09. The van der Waals surface area contributed by atoms with Crippen molar-refractivity contribution >= 4 is 26.2 Å². The van der Waals surface area contributed by atoms with Crippen molar-refractivity contribution in [1.82, 2.24) is 0 Å². The predicted molar refractivity (Wildman–Crippen MR) is 7.81 cm³/mol. The minimum atomic E-state index is -4.28. The zero-order chi connectivity index (χ0) is 3.58. The molecule has 0 atom stereocenters. The Bertz CT molecular complexity index is 76.3. The molecule has 0 rings (SSSR count). The quantitative estimate of drug-likeness (QED) is 0.466.